The van der Waals surface area contributed by atoms with Gasteiger partial charge in [-0.2, -0.15) is 0 Å². The van der Waals surface area contributed by atoms with Crippen LogP contribution in [-0.2, 0) is 12.8 Å². The Hall–Kier alpha value is -1.58. The third kappa shape index (κ3) is 2.41. The topological polar surface area (TPSA) is 25.8 Å². The summed E-state index contributed by atoms with van der Waals surface area (Å²) >= 11 is 7.79. The van der Waals surface area contributed by atoms with Gasteiger partial charge in [0.25, 0.3) is 0 Å². The normalized spacial score (nSPS) is 13.6. The molecule has 21 heavy (non-hydrogen) atoms. The SMILES string of the molecule is Clc1nnc(Sc2ccc3c(c2)CCC3)c2ccccc12. The van der Waals surface area contributed by atoms with Crippen LogP contribution in [0.5, 0.6) is 0 Å². The smallest absolute Gasteiger partial charge is 0.142 e. The fourth-order valence-corrected chi connectivity index (χ4v) is 3.98. The summed E-state index contributed by atoms with van der Waals surface area (Å²) in [5.41, 5.74) is 2.97. The third-order valence-electron chi connectivity index (χ3n) is 3.89. The van der Waals surface area contributed by atoms with Gasteiger partial charge in [0.05, 0.1) is 0 Å². The van der Waals surface area contributed by atoms with Crippen LogP contribution in [0.1, 0.15) is 17.5 Å². The average Bonchev–Trinajstić information content (AvgIpc) is 2.98. The van der Waals surface area contributed by atoms with E-state index in [-0.39, 0.29) is 0 Å². The molecule has 0 amide bonds. The minimum absolute atomic E-state index is 0.462. The van der Waals surface area contributed by atoms with E-state index in [1.807, 2.05) is 24.3 Å². The molecule has 2 nitrogen and oxygen atoms in total. The Balaban J connectivity index is 1.76. The van der Waals surface area contributed by atoms with E-state index >= 15 is 0 Å². The maximum absolute atomic E-state index is 6.13. The number of aromatic nitrogens is 2. The van der Waals surface area contributed by atoms with E-state index in [9.17, 15) is 0 Å². The van der Waals surface area contributed by atoms with Gasteiger partial charge in [-0.05, 0) is 42.5 Å². The molecule has 0 saturated carbocycles. The summed E-state index contributed by atoms with van der Waals surface area (Å²) in [7, 11) is 0. The summed E-state index contributed by atoms with van der Waals surface area (Å²) < 4.78 is 0. The lowest BCUT2D eigenvalue weighted by Gasteiger charge is -2.07. The molecule has 0 saturated heterocycles. The number of hydrogen-bond acceptors (Lipinski definition) is 3. The molecular weight excluding hydrogens is 300 g/mol. The Bertz CT molecular complexity index is 832. The summed E-state index contributed by atoms with van der Waals surface area (Å²) in [4.78, 5) is 1.22. The second kappa shape index (κ2) is 5.32. The summed E-state index contributed by atoms with van der Waals surface area (Å²) in [6.45, 7) is 0. The zero-order valence-electron chi connectivity index (χ0n) is 11.3. The van der Waals surface area contributed by atoms with Crippen LogP contribution in [0.25, 0.3) is 10.8 Å². The highest BCUT2D eigenvalue weighted by molar-refractivity contribution is 7.99. The van der Waals surface area contributed by atoms with E-state index in [0.29, 0.717) is 5.15 Å². The van der Waals surface area contributed by atoms with Crippen LogP contribution in [0.2, 0.25) is 5.15 Å². The van der Waals surface area contributed by atoms with Crippen LogP contribution in [-0.4, -0.2) is 10.2 Å². The predicted octanol–water partition coefficient (Wildman–Crippen LogP) is 4.92. The van der Waals surface area contributed by atoms with Crippen molar-refractivity contribution in [2.75, 3.05) is 0 Å². The van der Waals surface area contributed by atoms with Gasteiger partial charge in [-0.1, -0.05) is 53.7 Å². The van der Waals surface area contributed by atoms with Crippen LogP contribution in [0.3, 0.4) is 0 Å². The molecule has 0 spiro atoms. The summed E-state index contributed by atoms with van der Waals surface area (Å²) in [6.07, 6.45) is 3.67. The Morgan fingerprint density at radius 1 is 0.905 bits per heavy atom. The molecule has 3 aromatic rings. The first-order valence-electron chi connectivity index (χ1n) is 7.02. The lowest BCUT2D eigenvalue weighted by molar-refractivity contribution is 0.911. The first-order valence-corrected chi connectivity index (χ1v) is 8.21. The average molecular weight is 313 g/mol. The quantitative estimate of drug-likeness (QED) is 0.671. The Kier molecular flexibility index (Phi) is 3.32. The lowest BCUT2D eigenvalue weighted by Crippen LogP contribution is -1.90. The molecule has 4 heteroatoms. The van der Waals surface area contributed by atoms with Crippen LogP contribution in [0, 0.1) is 0 Å². The lowest BCUT2D eigenvalue weighted by atomic mass is 10.1. The fourth-order valence-electron chi connectivity index (χ4n) is 2.85. The molecule has 0 fully saturated rings. The van der Waals surface area contributed by atoms with Crippen molar-refractivity contribution in [3.8, 4) is 0 Å². The molecule has 0 aliphatic heterocycles. The van der Waals surface area contributed by atoms with Gasteiger partial charge in [-0.3, -0.25) is 0 Å². The Labute approximate surface area is 132 Å². The number of fused-ring (bicyclic) bond motifs is 2. The fraction of sp³-hybridized carbons (Fsp3) is 0.176. The monoisotopic (exact) mass is 312 g/mol. The molecule has 0 N–H and O–H groups in total. The van der Waals surface area contributed by atoms with Crippen molar-refractivity contribution in [3.05, 3.63) is 58.7 Å². The molecule has 4 rings (SSSR count). The van der Waals surface area contributed by atoms with E-state index in [2.05, 4.69) is 28.4 Å². The van der Waals surface area contributed by atoms with E-state index < -0.39 is 0 Å². The van der Waals surface area contributed by atoms with Crippen LogP contribution in [0.15, 0.2) is 52.4 Å². The van der Waals surface area contributed by atoms with Crippen molar-refractivity contribution < 1.29 is 0 Å². The van der Waals surface area contributed by atoms with Crippen molar-refractivity contribution in [1.82, 2.24) is 10.2 Å². The summed E-state index contributed by atoms with van der Waals surface area (Å²) in [5, 5.41) is 11.7. The highest BCUT2D eigenvalue weighted by Crippen LogP contribution is 2.35. The zero-order chi connectivity index (χ0) is 14.2. The second-order valence-corrected chi connectivity index (χ2v) is 6.65. The minimum Gasteiger partial charge on any atom is -0.142 e. The largest absolute Gasteiger partial charge is 0.159 e. The van der Waals surface area contributed by atoms with Gasteiger partial charge < -0.3 is 0 Å². The second-order valence-electron chi connectivity index (χ2n) is 5.23. The van der Waals surface area contributed by atoms with Gasteiger partial charge in [-0.15, -0.1) is 10.2 Å². The number of nitrogens with zero attached hydrogens (tertiary/aromatic N) is 2. The van der Waals surface area contributed by atoms with Gasteiger partial charge in [0.1, 0.15) is 5.03 Å². The molecule has 0 atom stereocenters. The molecule has 1 aliphatic rings. The van der Waals surface area contributed by atoms with E-state index in [0.717, 1.165) is 15.8 Å². The summed E-state index contributed by atoms with van der Waals surface area (Å²) in [5.74, 6) is 0. The molecule has 0 bridgehead atoms. The van der Waals surface area contributed by atoms with E-state index in [1.165, 1.54) is 35.3 Å². The Morgan fingerprint density at radius 2 is 1.71 bits per heavy atom. The minimum atomic E-state index is 0.462. The number of benzene rings is 2. The predicted molar refractivity (Wildman–Crippen MR) is 87.1 cm³/mol. The van der Waals surface area contributed by atoms with Crippen molar-refractivity contribution in [2.24, 2.45) is 0 Å². The molecule has 1 aromatic heterocycles. The van der Waals surface area contributed by atoms with Gasteiger partial charge in [-0.25, -0.2) is 0 Å². The number of halogens is 1. The Morgan fingerprint density at radius 3 is 2.62 bits per heavy atom. The van der Waals surface area contributed by atoms with Gasteiger partial charge >= 0.3 is 0 Å². The molecular formula is C17H13ClN2S. The van der Waals surface area contributed by atoms with E-state index in [1.54, 1.807) is 11.8 Å². The van der Waals surface area contributed by atoms with Gasteiger partial charge in [0, 0.05) is 15.7 Å². The van der Waals surface area contributed by atoms with E-state index in [4.69, 9.17) is 11.6 Å². The molecule has 0 radical (unpaired) electrons. The van der Waals surface area contributed by atoms with Crippen molar-refractivity contribution >= 4 is 34.1 Å². The zero-order valence-corrected chi connectivity index (χ0v) is 12.9. The maximum atomic E-state index is 6.13. The first kappa shape index (κ1) is 13.1. The molecule has 0 unspecified atom stereocenters. The van der Waals surface area contributed by atoms with Crippen molar-refractivity contribution in [3.63, 3.8) is 0 Å². The summed E-state index contributed by atoms with van der Waals surface area (Å²) in [6, 6.07) is 14.7. The molecule has 1 heterocycles. The van der Waals surface area contributed by atoms with Crippen LogP contribution >= 0.6 is 23.4 Å². The molecule has 1 aliphatic carbocycles. The van der Waals surface area contributed by atoms with Crippen molar-refractivity contribution in [1.29, 1.82) is 0 Å². The van der Waals surface area contributed by atoms with Crippen LogP contribution < -0.4 is 0 Å². The number of hydrogen-bond donors (Lipinski definition) is 0. The highest BCUT2D eigenvalue weighted by Gasteiger charge is 2.13. The molecule has 2 aromatic carbocycles. The van der Waals surface area contributed by atoms with Gasteiger partial charge in [0.15, 0.2) is 5.15 Å². The first-order chi connectivity index (χ1) is 10.3. The third-order valence-corrected chi connectivity index (χ3v) is 5.16. The standard InChI is InChI=1S/C17H13ClN2S/c18-16-14-6-1-2-7-15(14)17(20-19-16)21-13-9-8-11-4-3-5-12(11)10-13/h1-2,6-10H,3-5H2. The number of aryl methyl sites for hydroxylation is 2. The highest BCUT2D eigenvalue weighted by atomic mass is 35.5. The number of rotatable bonds is 2. The van der Waals surface area contributed by atoms with Gasteiger partial charge in [0.2, 0.25) is 0 Å². The molecule has 104 valence electrons. The maximum Gasteiger partial charge on any atom is 0.159 e. The van der Waals surface area contributed by atoms with Crippen LogP contribution in [0.4, 0.5) is 0 Å². The van der Waals surface area contributed by atoms with Crippen molar-refractivity contribution in [2.45, 2.75) is 29.2 Å².